The minimum Gasteiger partial charge on any atom is -0.459 e. The van der Waals surface area contributed by atoms with Crippen molar-refractivity contribution in [1.82, 2.24) is 0 Å². The Bertz CT molecular complexity index is 449. The van der Waals surface area contributed by atoms with Gasteiger partial charge in [0, 0.05) is 5.92 Å². The highest BCUT2D eigenvalue weighted by atomic mass is 16.6. The van der Waals surface area contributed by atoms with Crippen LogP contribution in [-0.2, 0) is 9.53 Å². The fraction of sp³-hybridized carbons (Fsp3) is 0.947. The van der Waals surface area contributed by atoms with Crippen molar-refractivity contribution in [3.05, 3.63) is 0 Å². The van der Waals surface area contributed by atoms with Gasteiger partial charge in [-0.25, -0.2) is 0 Å². The molecule has 0 heterocycles. The van der Waals surface area contributed by atoms with E-state index in [2.05, 4.69) is 13.8 Å². The van der Waals surface area contributed by atoms with Crippen molar-refractivity contribution in [2.75, 3.05) is 0 Å². The van der Waals surface area contributed by atoms with Crippen LogP contribution in [0.15, 0.2) is 0 Å². The molecule has 4 aliphatic rings. The molecule has 22 heavy (non-hydrogen) atoms. The lowest BCUT2D eigenvalue weighted by atomic mass is 9.47. The van der Waals surface area contributed by atoms with Crippen molar-refractivity contribution < 1.29 is 14.6 Å². The second-order valence-electron chi connectivity index (χ2n) is 9.45. The van der Waals surface area contributed by atoms with Crippen LogP contribution in [0.5, 0.6) is 0 Å². The predicted octanol–water partition coefficient (Wildman–Crippen LogP) is 3.93. The zero-order chi connectivity index (χ0) is 16.3. The Morgan fingerprint density at radius 3 is 2.14 bits per heavy atom. The Hall–Kier alpha value is -0.570. The fourth-order valence-electron chi connectivity index (χ4n) is 5.71. The summed E-state index contributed by atoms with van der Waals surface area (Å²) >= 11 is 0. The lowest BCUT2D eigenvalue weighted by molar-refractivity contribution is -0.210. The monoisotopic (exact) mass is 308 g/mol. The summed E-state index contributed by atoms with van der Waals surface area (Å²) in [6, 6.07) is 0. The van der Waals surface area contributed by atoms with E-state index in [1.165, 1.54) is 12.8 Å². The van der Waals surface area contributed by atoms with E-state index in [0.717, 1.165) is 25.7 Å². The molecular weight excluding hydrogens is 276 g/mol. The highest BCUT2D eigenvalue weighted by Gasteiger charge is 2.59. The summed E-state index contributed by atoms with van der Waals surface area (Å²) in [5.41, 5.74) is -1.26. The van der Waals surface area contributed by atoms with Gasteiger partial charge in [0.25, 0.3) is 0 Å². The van der Waals surface area contributed by atoms with Crippen LogP contribution in [-0.4, -0.2) is 22.3 Å². The van der Waals surface area contributed by atoms with Gasteiger partial charge in [-0.1, -0.05) is 6.92 Å². The van der Waals surface area contributed by atoms with Crippen molar-refractivity contribution in [2.24, 2.45) is 29.1 Å². The van der Waals surface area contributed by atoms with Gasteiger partial charge < -0.3 is 9.84 Å². The maximum Gasteiger partial charge on any atom is 0.312 e. The highest BCUT2D eigenvalue weighted by Crippen LogP contribution is 2.61. The molecule has 0 amide bonds. The molecule has 3 heteroatoms. The summed E-state index contributed by atoms with van der Waals surface area (Å²) in [6.45, 7) is 10.1. The summed E-state index contributed by atoms with van der Waals surface area (Å²) in [4.78, 5) is 12.5. The van der Waals surface area contributed by atoms with Gasteiger partial charge >= 0.3 is 5.97 Å². The molecular formula is C19H32O3. The molecule has 0 aromatic rings. The molecule has 0 aromatic carbocycles. The first kappa shape index (κ1) is 16.3. The topological polar surface area (TPSA) is 46.5 Å². The summed E-state index contributed by atoms with van der Waals surface area (Å²) < 4.78 is 6.03. The number of rotatable bonds is 4. The molecule has 1 N–H and O–H groups in total. The van der Waals surface area contributed by atoms with Gasteiger partial charge in [0.15, 0.2) is 0 Å². The van der Waals surface area contributed by atoms with E-state index in [4.69, 9.17) is 4.74 Å². The van der Waals surface area contributed by atoms with Gasteiger partial charge in [-0.15, -0.1) is 0 Å². The lowest BCUT2D eigenvalue weighted by Gasteiger charge is -2.61. The third-order valence-electron chi connectivity index (χ3n) is 6.84. The number of hydrogen-bond acceptors (Lipinski definition) is 3. The average Bonchev–Trinajstić information content (AvgIpc) is 2.34. The van der Waals surface area contributed by atoms with Gasteiger partial charge in [-0.2, -0.15) is 0 Å². The molecule has 0 spiro atoms. The normalized spacial score (nSPS) is 40.8. The molecule has 4 aliphatic carbocycles. The van der Waals surface area contributed by atoms with E-state index >= 15 is 0 Å². The maximum atomic E-state index is 12.5. The minimum atomic E-state index is -0.428. The van der Waals surface area contributed by atoms with E-state index in [1.54, 1.807) is 0 Å². The van der Waals surface area contributed by atoms with E-state index in [-0.39, 0.29) is 5.97 Å². The summed E-state index contributed by atoms with van der Waals surface area (Å²) in [6.07, 6.45) is 6.02. The second kappa shape index (κ2) is 4.96. The van der Waals surface area contributed by atoms with Crippen LogP contribution in [0, 0.1) is 29.1 Å². The lowest BCUT2D eigenvalue weighted by Crippen LogP contribution is -2.60. The van der Waals surface area contributed by atoms with Crippen molar-refractivity contribution in [2.45, 2.75) is 84.3 Å². The summed E-state index contributed by atoms with van der Waals surface area (Å²) in [5, 5.41) is 10.7. The maximum absolute atomic E-state index is 12.5. The van der Waals surface area contributed by atoms with Crippen LogP contribution in [0.3, 0.4) is 0 Å². The van der Waals surface area contributed by atoms with Gasteiger partial charge in [-0.05, 0) is 84.0 Å². The first-order valence-electron chi connectivity index (χ1n) is 9.02. The number of ether oxygens (including phenoxy) is 1. The van der Waals surface area contributed by atoms with Crippen molar-refractivity contribution in [3.8, 4) is 0 Å². The number of aliphatic hydroxyl groups is 1. The molecule has 126 valence electrons. The first-order chi connectivity index (χ1) is 10.1. The van der Waals surface area contributed by atoms with Crippen LogP contribution in [0.1, 0.15) is 73.1 Å². The van der Waals surface area contributed by atoms with Gasteiger partial charge in [0.2, 0.25) is 0 Å². The number of carbonyl (C=O) groups excluding carboxylic acids is 1. The zero-order valence-corrected chi connectivity index (χ0v) is 14.8. The molecule has 3 nitrogen and oxygen atoms in total. The standard InChI is InChI=1S/C19H32O3/c1-6-17(2,3)16(20)22-18(4,5)15-13-7-12-8-14(15)11-19(21,9-12)10-13/h12-15,21H,6-11H2,1-5H3. The second-order valence-corrected chi connectivity index (χ2v) is 9.45. The molecule has 4 saturated carbocycles. The fourth-order valence-corrected chi connectivity index (χ4v) is 5.71. The number of hydrogen-bond donors (Lipinski definition) is 1. The molecule has 0 saturated heterocycles. The van der Waals surface area contributed by atoms with E-state index < -0.39 is 16.6 Å². The van der Waals surface area contributed by atoms with Crippen LogP contribution in [0.4, 0.5) is 0 Å². The zero-order valence-electron chi connectivity index (χ0n) is 14.8. The van der Waals surface area contributed by atoms with Gasteiger partial charge in [0.1, 0.15) is 5.60 Å². The largest absolute Gasteiger partial charge is 0.459 e. The third-order valence-corrected chi connectivity index (χ3v) is 6.84. The molecule has 4 bridgehead atoms. The molecule has 2 unspecified atom stereocenters. The molecule has 4 fully saturated rings. The van der Waals surface area contributed by atoms with Crippen LogP contribution >= 0.6 is 0 Å². The number of esters is 1. The Balaban J connectivity index is 1.77. The van der Waals surface area contributed by atoms with Crippen molar-refractivity contribution in [3.63, 3.8) is 0 Å². The van der Waals surface area contributed by atoms with Crippen LogP contribution < -0.4 is 0 Å². The summed E-state index contributed by atoms with van der Waals surface area (Å²) in [7, 11) is 0. The minimum absolute atomic E-state index is 0.0764. The summed E-state index contributed by atoms with van der Waals surface area (Å²) in [5.74, 6) is 2.05. The first-order valence-corrected chi connectivity index (χ1v) is 9.02. The Morgan fingerprint density at radius 2 is 1.68 bits per heavy atom. The molecule has 0 aromatic heterocycles. The van der Waals surface area contributed by atoms with E-state index in [1.807, 2.05) is 20.8 Å². The van der Waals surface area contributed by atoms with E-state index in [9.17, 15) is 9.90 Å². The predicted molar refractivity (Wildman–Crippen MR) is 86.2 cm³/mol. The van der Waals surface area contributed by atoms with Crippen molar-refractivity contribution >= 4 is 5.97 Å². The molecule has 4 rings (SSSR count). The van der Waals surface area contributed by atoms with Gasteiger partial charge in [0.05, 0.1) is 11.0 Å². The molecule has 0 aliphatic heterocycles. The molecule has 0 radical (unpaired) electrons. The SMILES string of the molecule is CCC(C)(C)C(=O)OC(C)(C)C1C2CC3CC1CC(O)(C3)C2. The number of carbonyl (C=O) groups is 1. The quantitative estimate of drug-likeness (QED) is 0.800. The van der Waals surface area contributed by atoms with Crippen LogP contribution in [0.25, 0.3) is 0 Å². The van der Waals surface area contributed by atoms with Crippen LogP contribution in [0.2, 0.25) is 0 Å². The average molecular weight is 308 g/mol. The van der Waals surface area contributed by atoms with Crippen molar-refractivity contribution in [1.29, 1.82) is 0 Å². The Labute approximate surface area is 134 Å². The highest BCUT2D eigenvalue weighted by molar-refractivity contribution is 5.76. The Morgan fingerprint density at radius 1 is 1.14 bits per heavy atom. The molecule has 2 atom stereocenters. The van der Waals surface area contributed by atoms with E-state index in [0.29, 0.717) is 23.7 Å². The van der Waals surface area contributed by atoms with Gasteiger partial charge in [-0.3, -0.25) is 4.79 Å². The smallest absolute Gasteiger partial charge is 0.312 e. The Kier molecular flexibility index (Phi) is 3.67. The third kappa shape index (κ3) is 2.60.